The van der Waals surface area contributed by atoms with Crippen LogP contribution < -0.4 is 0 Å². The summed E-state index contributed by atoms with van der Waals surface area (Å²) in [6.07, 6.45) is 1.29. The van der Waals surface area contributed by atoms with Gasteiger partial charge in [-0.2, -0.15) is 0 Å². The lowest BCUT2D eigenvalue weighted by Gasteiger charge is -2.42. The summed E-state index contributed by atoms with van der Waals surface area (Å²) in [5, 5.41) is 9.61. The van der Waals surface area contributed by atoms with Gasteiger partial charge in [-0.1, -0.05) is 48.0 Å². The topological polar surface area (TPSA) is 29.5 Å². The molecule has 0 aromatic rings. The van der Waals surface area contributed by atoms with Crippen LogP contribution in [0.2, 0.25) is 18.1 Å². The summed E-state index contributed by atoms with van der Waals surface area (Å²) < 4.78 is 6.49. The summed E-state index contributed by atoms with van der Waals surface area (Å²) in [5.74, 6) is 0.727. The summed E-state index contributed by atoms with van der Waals surface area (Å²) in [7, 11) is -1.74. The third-order valence-corrected chi connectivity index (χ3v) is 8.76. The van der Waals surface area contributed by atoms with E-state index in [0.717, 1.165) is 6.42 Å². The molecule has 0 heterocycles. The van der Waals surface area contributed by atoms with Crippen LogP contribution in [0.15, 0.2) is 0 Å². The van der Waals surface area contributed by atoms with Crippen molar-refractivity contribution in [3.05, 3.63) is 0 Å². The lowest BCUT2D eigenvalue weighted by molar-refractivity contribution is 0.0445. The lowest BCUT2D eigenvalue weighted by atomic mass is 9.92. The highest BCUT2D eigenvalue weighted by Gasteiger charge is 2.41. The average molecular weight is 260 g/mol. The van der Waals surface area contributed by atoms with Crippen LogP contribution >= 0.6 is 0 Å². The predicted octanol–water partition coefficient (Wildman–Crippen LogP) is 4.05. The van der Waals surface area contributed by atoms with E-state index in [2.05, 4.69) is 54.6 Å². The number of rotatable bonds is 6. The van der Waals surface area contributed by atoms with Crippen LogP contribution in [0.1, 0.15) is 48.0 Å². The van der Waals surface area contributed by atoms with Gasteiger partial charge in [0.2, 0.25) is 0 Å². The Bertz CT molecular complexity index is 211. The minimum absolute atomic E-state index is 0.186. The highest BCUT2D eigenvalue weighted by atomic mass is 28.4. The van der Waals surface area contributed by atoms with Gasteiger partial charge in [0.05, 0.1) is 6.10 Å². The van der Waals surface area contributed by atoms with Crippen LogP contribution in [0, 0.1) is 11.8 Å². The molecule has 0 aromatic carbocycles. The first-order valence-electron chi connectivity index (χ1n) is 6.85. The maximum atomic E-state index is 9.38. The van der Waals surface area contributed by atoms with E-state index in [4.69, 9.17) is 4.43 Å². The van der Waals surface area contributed by atoms with Crippen molar-refractivity contribution < 1.29 is 9.53 Å². The van der Waals surface area contributed by atoms with E-state index >= 15 is 0 Å². The molecule has 0 saturated carbocycles. The number of aliphatic hydroxyl groups excluding tert-OH is 1. The maximum Gasteiger partial charge on any atom is 0.192 e. The minimum Gasteiger partial charge on any atom is -0.413 e. The molecule has 0 aliphatic carbocycles. The maximum absolute atomic E-state index is 9.38. The molecule has 0 aliphatic heterocycles. The first kappa shape index (κ1) is 17.1. The van der Waals surface area contributed by atoms with Gasteiger partial charge in [-0.05, 0) is 24.1 Å². The smallest absolute Gasteiger partial charge is 0.192 e. The quantitative estimate of drug-likeness (QED) is 0.730. The lowest BCUT2D eigenvalue weighted by Crippen LogP contribution is -2.47. The number of aliphatic hydroxyl groups is 1. The zero-order chi connectivity index (χ0) is 13.9. The van der Waals surface area contributed by atoms with Gasteiger partial charge in [-0.15, -0.1) is 0 Å². The molecule has 0 rings (SSSR count). The van der Waals surface area contributed by atoms with Crippen LogP contribution in [0.4, 0.5) is 0 Å². The van der Waals surface area contributed by atoms with Gasteiger partial charge in [0.25, 0.3) is 0 Å². The van der Waals surface area contributed by atoms with E-state index in [1.807, 2.05) is 0 Å². The van der Waals surface area contributed by atoms with Crippen LogP contribution in [0.25, 0.3) is 0 Å². The van der Waals surface area contributed by atoms with Gasteiger partial charge in [-0.25, -0.2) is 0 Å². The second kappa shape index (κ2) is 6.35. The summed E-state index contributed by atoms with van der Waals surface area (Å²) in [4.78, 5) is 0. The van der Waals surface area contributed by atoms with E-state index in [-0.39, 0.29) is 23.7 Å². The Morgan fingerprint density at radius 3 is 1.88 bits per heavy atom. The molecule has 17 heavy (non-hydrogen) atoms. The molecule has 0 aromatic heterocycles. The van der Waals surface area contributed by atoms with Crippen LogP contribution in [-0.2, 0) is 4.43 Å². The Morgan fingerprint density at radius 2 is 1.59 bits per heavy atom. The fourth-order valence-corrected chi connectivity index (χ4v) is 3.14. The molecule has 0 fully saturated rings. The Kier molecular flexibility index (Phi) is 6.40. The monoisotopic (exact) mass is 260 g/mol. The Labute approximate surface area is 109 Å². The third-order valence-electron chi connectivity index (χ3n) is 4.29. The van der Waals surface area contributed by atoms with Gasteiger partial charge >= 0.3 is 0 Å². The molecule has 0 aliphatic rings. The van der Waals surface area contributed by atoms with Crippen molar-refractivity contribution in [3.63, 3.8) is 0 Å². The Hall–Kier alpha value is 0.137. The van der Waals surface area contributed by atoms with Crippen molar-refractivity contribution in [1.29, 1.82) is 0 Å². The van der Waals surface area contributed by atoms with Crippen molar-refractivity contribution in [1.82, 2.24) is 0 Å². The fraction of sp³-hybridized carbons (Fsp3) is 1.00. The standard InChI is InChI=1S/C14H32O2Si/c1-9-11(2)13(12(3)10-15)16-17(7,8)14(4,5)6/h11-13,15H,9-10H2,1-8H3/t11-,12-,13+/m0/s1. The zero-order valence-corrected chi connectivity index (χ0v) is 14.0. The first-order valence-corrected chi connectivity index (χ1v) is 9.76. The predicted molar refractivity (Wildman–Crippen MR) is 77.8 cm³/mol. The summed E-state index contributed by atoms with van der Waals surface area (Å²) in [5.41, 5.74) is 0. The minimum atomic E-state index is -1.74. The van der Waals surface area contributed by atoms with Gasteiger partial charge in [0, 0.05) is 12.5 Å². The molecule has 0 spiro atoms. The van der Waals surface area contributed by atoms with Crippen molar-refractivity contribution in [3.8, 4) is 0 Å². The molecule has 0 bridgehead atoms. The van der Waals surface area contributed by atoms with Crippen LogP contribution in [0.3, 0.4) is 0 Å². The third kappa shape index (κ3) is 4.72. The van der Waals surface area contributed by atoms with Crippen LogP contribution in [-0.4, -0.2) is 26.1 Å². The van der Waals surface area contributed by atoms with E-state index in [9.17, 15) is 5.11 Å². The number of hydrogen-bond donors (Lipinski definition) is 1. The second-order valence-corrected chi connectivity index (χ2v) is 11.6. The average Bonchev–Trinajstić information content (AvgIpc) is 2.22. The Morgan fingerprint density at radius 1 is 1.12 bits per heavy atom. The Balaban J connectivity index is 4.87. The van der Waals surface area contributed by atoms with Gasteiger partial charge in [0.1, 0.15) is 0 Å². The molecule has 0 saturated heterocycles. The molecule has 2 nitrogen and oxygen atoms in total. The largest absolute Gasteiger partial charge is 0.413 e. The molecule has 3 atom stereocenters. The molecule has 1 N–H and O–H groups in total. The molecule has 0 unspecified atom stereocenters. The SMILES string of the molecule is CC[C@H](C)[C@@H](O[Si](C)(C)C(C)(C)C)[C@@H](C)CO. The highest BCUT2D eigenvalue weighted by molar-refractivity contribution is 6.74. The van der Waals surface area contributed by atoms with Crippen molar-refractivity contribution >= 4 is 8.32 Å². The summed E-state index contributed by atoms with van der Waals surface area (Å²) in [6, 6.07) is 0. The van der Waals surface area contributed by atoms with Crippen molar-refractivity contribution in [2.75, 3.05) is 6.61 Å². The van der Waals surface area contributed by atoms with E-state index in [0.29, 0.717) is 5.92 Å². The summed E-state index contributed by atoms with van der Waals surface area (Å²) >= 11 is 0. The molecule has 0 amide bonds. The normalized spacial score (nSPS) is 18.9. The van der Waals surface area contributed by atoms with E-state index < -0.39 is 8.32 Å². The summed E-state index contributed by atoms with van der Waals surface area (Å²) in [6.45, 7) is 18.1. The number of hydrogen-bond acceptors (Lipinski definition) is 2. The zero-order valence-electron chi connectivity index (χ0n) is 13.0. The first-order chi connectivity index (χ1) is 7.56. The van der Waals surface area contributed by atoms with Crippen LogP contribution in [0.5, 0.6) is 0 Å². The van der Waals surface area contributed by atoms with Crippen molar-refractivity contribution in [2.45, 2.75) is 72.2 Å². The fourth-order valence-electron chi connectivity index (χ4n) is 1.65. The molecule has 104 valence electrons. The van der Waals surface area contributed by atoms with E-state index in [1.54, 1.807) is 0 Å². The van der Waals surface area contributed by atoms with E-state index in [1.165, 1.54) is 0 Å². The van der Waals surface area contributed by atoms with Gasteiger partial charge in [0.15, 0.2) is 8.32 Å². The molecular formula is C14H32O2Si. The molecule has 3 heteroatoms. The molecule has 0 radical (unpaired) electrons. The van der Waals surface area contributed by atoms with Crippen molar-refractivity contribution in [2.24, 2.45) is 11.8 Å². The molecular weight excluding hydrogens is 228 g/mol. The van der Waals surface area contributed by atoms with Gasteiger partial charge < -0.3 is 9.53 Å². The second-order valence-electron chi connectivity index (χ2n) is 6.89. The van der Waals surface area contributed by atoms with Gasteiger partial charge in [-0.3, -0.25) is 0 Å². The highest BCUT2D eigenvalue weighted by Crippen LogP contribution is 2.39.